The molecule has 0 saturated heterocycles. The van der Waals surface area contributed by atoms with Crippen LogP contribution in [-0.2, 0) is 22.4 Å². The van der Waals surface area contributed by atoms with Crippen LogP contribution in [0.3, 0.4) is 0 Å². The van der Waals surface area contributed by atoms with Crippen molar-refractivity contribution in [3.05, 3.63) is 82.6 Å². The Morgan fingerprint density at radius 1 is 1.03 bits per heavy atom. The molecule has 1 atom stereocenters. The van der Waals surface area contributed by atoms with Gasteiger partial charge in [-0.3, -0.25) is 9.59 Å². The van der Waals surface area contributed by atoms with E-state index >= 15 is 0 Å². The van der Waals surface area contributed by atoms with Crippen molar-refractivity contribution in [3.8, 4) is 5.75 Å². The molecule has 0 spiro atoms. The highest BCUT2D eigenvalue weighted by atomic mass is 32.1. The van der Waals surface area contributed by atoms with Gasteiger partial charge in [-0.1, -0.05) is 48.5 Å². The molecule has 0 saturated carbocycles. The lowest BCUT2D eigenvalue weighted by Crippen LogP contribution is -2.51. The first-order chi connectivity index (χ1) is 14.2. The number of nitrogens with zero attached hydrogens (tertiary/aromatic N) is 1. The van der Waals surface area contributed by atoms with Crippen LogP contribution in [0.4, 0.5) is 5.69 Å². The molecule has 0 bridgehead atoms. The minimum Gasteiger partial charge on any atom is -0.477 e. The molecule has 0 fully saturated rings. The maximum Gasteiger partial charge on any atom is 0.262 e. The molecule has 0 aliphatic carbocycles. The van der Waals surface area contributed by atoms with Gasteiger partial charge in [0.25, 0.3) is 5.91 Å². The predicted molar refractivity (Wildman–Crippen MR) is 114 cm³/mol. The average Bonchev–Trinajstić information content (AvgIpc) is 3.26. The first-order valence-corrected chi connectivity index (χ1v) is 10.5. The maximum absolute atomic E-state index is 12.9. The lowest BCUT2D eigenvalue weighted by atomic mass is 10.1. The normalized spacial score (nSPS) is 15.3. The van der Waals surface area contributed by atoms with Gasteiger partial charge < -0.3 is 15.0 Å². The summed E-state index contributed by atoms with van der Waals surface area (Å²) in [7, 11) is 0. The summed E-state index contributed by atoms with van der Waals surface area (Å²) in [5, 5.41) is 4.89. The van der Waals surface area contributed by atoms with Crippen LogP contribution in [0.2, 0.25) is 0 Å². The summed E-state index contributed by atoms with van der Waals surface area (Å²) in [4.78, 5) is 28.3. The molecule has 0 radical (unpaired) electrons. The summed E-state index contributed by atoms with van der Waals surface area (Å²) in [6.45, 7) is 0.728. The van der Waals surface area contributed by atoms with Gasteiger partial charge in [-0.2, -0.15) is 0 Å². The number of nitrogens with one attached hydrogen (secondary N) is 1. The Morgan fingerprint density at radius 3 is 2.62 bits per heavy atom. The van der Waals surface area contributed by atoms with Crippen LogP contribution < -0.4 is 15.0 Å². The zero-order valence-electron chi connectivity index (χ0n) is 15.9. The van der Waals surface area contributed by atoms with Crippen LogP contribution in [0, 0.1) is 0 Å². The Bertz CT molecular complexity index is 973. The van der Waals surface area contributed by atoms with E-state index in [0.29, 0.717) is 24.4 Å². The third-order valence-electron chi connectivity index (χ3n) is 4.83. The van der Waals surface area contributed by atoms with E-state index in [2.05, 4.69) is 5.32 Å². The Labute approximate surface area is 173 Å². The number of para-hydroxylation sites is 2. The highest BCUT2D eigenvalue weighted by Gasteiger charge is 2.33. The fourth-order valence-electron chi connectivity index (χ4n) is 3.35. The summed E-state index contributed by atoms with van der Waals surface area (Å²) in [5.41, 5.74) is 1.87. The molecule has 5 nitrogen and oxygen atoms in total. The summed E-state index contributed by atoms with van der Waals surface area (Å²) in [6, 6.07) is 21.2. The summed E-state index contributed by atoms with van der Waals surface area (Å²) >= 11 is 1.55. The van der Waals surface area contributed by atoms with Gasteiger partial charge in [0.1, 0.15) is 5.75 Å². The van der Waals surface area contributed by atoms with Gasteiger partial charge in [0.15, 0.2) is 6.10 Å². The number of hydrogen-bond donors (Lipinski definition) is 1. The van der Waals surface area contributed by atoms with Crippen LogP contribution in [0.15, 0.2) is 72.1 Å². The SMILES string of the molecule is O=C(NCCc1ccccc1)[C@@H]1CN(C(=O)Cc2cccs2)c2ccccc2O1. The first kappa shape index (κ1) is 19.2. The third-order valence-corrected chi connectivity index (χ3v) is 5.70. The lowest BCUT2D eigenvalue weighted by molar-refractivity contribution is -0.128. The standard InChI is InChI=1S/C23H22N2O3S/c26-22(15-18-9-6-14-29-18)25-16-21(28-20-11-5-4-10-19(20)25)23(27)24-13-12-17-7-2-1-3-8-17/h1-11,14,21H,12-13,15-16H2,(H,24,27)/t21-/m0/s1. The number of carbonyl (C=O) groups excluding carboxylic acids is 2. The number of thiophene rings is 1. The monoisotopic (exact) mass is 406 g/mol. The number of anilines is 1. The summed E-state index contributed by atoms with van der Waals surface area (Å²) < 4.78 is 5.91. The van der Waals surface area contributed by atoms with E-state index in [4.69, 9.17) is 4.74 Å². The second-order valence-electron chi connectivity index (χ2n) is 6.86. The van der Waals surface area contributed by atoms with Crippen LogP contribution in [0.25, 0.3) is 0 Å². The van der Waals surface area contributed by atoms with Crippen LogP contribution in [0.5, 0.6) is 5.75 Å². The molecular formula is C23H22N2O3S. The topological polar surface area (TPSA) is 58.6 Å². The highest BCUT2D eigenvalue weighted by molar-refractivity contribution is 7.10. The largest absolute Gasteiger partial charge is 0.477 e. The van der Waals surface area contributed by atoms with Gasteiger partial charge in [0, 0.05) is 11.4 Å². The van der Waals surface area contributed by atoms with Crippen molar-refractivity contribution in [3.63, 3.8) is 0 Å². The van der Waals surface area contributed by atoms with E-state index in [1.165, 1.54) is 0 Å². The van der Waals surface area contributed by atoms with Crippen molar-refractivity contribution >= 4 is 28.8 Å². The number of carbonyl (C=O) groups is 2. The molecule has 0 unspecified atom stereocenters. The maximum atomic E-state index is 12.9. The second kappa shape index (κ2) is 8.92. The van der Waals surface area contributed by atoms with E-state index in [9.17, 15) is 9.59 Å². The molecule has 6 heteroatoms. The van der Waals surface area contributed by atoms with Crippen molar-refractivity contribution in [2.45, 2.75) is 18.9 Å². The predicted octanol–water partition coefficient (Wildman–Crippen LogP) is 3.44. The van der Waals surface area contributed by atoms with Gasteiger partial charge in [-0.05, 0) is 35.6 Å². The highest BCUT2D eigenvalue weighted by Crippen LogP contribution is 2.33. The molecule has 3 aromatic rings. The lowest BCUT2D eigenvalue weighted by Gasteiger charge is -2.34. The van der Waals surface area contributed by atoms with E-state index in [-0.39, 0.29) is 18.4 Å². The molecule has 1 aliphatic rings. The summed E-state index contributed by atoms with van der Waals surface area (Å²) in [6.07, 6.45) is 0.332. The molecule has 1 aliphatic heterocycles. The molecule has 148 valence electrons. The molecule has 2 heterocycles. The van der Waals surface area contributed by atoms with Crippen LogP contribution >= 0.6 is 11.3 Å². The second-order valence-corrected chi connectivity index (χ2v) is 7.89. The van der Waals surface area contributed by atoms with E-state index in [1.54, 1.807) is 22.3 Å². The number of amides is 2. The van der Waals surface area contributed by atoms with Crippen LogP contribution in [-0.4, -0.2) is 31.0 Å². The Balaban J connectivity index is 1.43. The minimum absolute atomic E-state index is 0.0368. The van der Waals surface area contributed by atoms with E-state index in [1.807, 2.05) is 66.0 Å². The van der Waals surface area contributed by atoms with Gasteiger partial charge >= 0.3 is 0 Å². The zero-order valence-corrected chi connectivity index (χ0v) is 16.7. The Hall–Kier alpha value is -3.12. The average molecular weight is 407 g/mol. The molecule has 1 aromatic heterocycles. The smallest absolute Gasteiger partial charge is 0.262 e. The van der Waals surface area contributed by atoms with Crippen molar-refractivity contribution < 1.29 is 14.3 Å². The van der Waals surface area contributed by atoms with Crippen molar-refractivity contribution in [2.75, 3.05) is 18.0 Å². The number of fused-ring (bicyclic) bond motifs is 1. The van der Waals surface area contributed by atoms with E-state index < -0.39 is 6.10 Å². The van der Waals surface area contributed by atoms with Gasteiger partial charge in [-0.15, -0.1) is 11.3 Å². The van der Waals surface area contributed by atoms with E-state index in [0.717, 1.165) is 16.9 Å². The summed E-state index contributed by atoms with van der Waals surface area (Å²) in [5.74, 6) is 0.316. The van der Waals surface area contributed by atoms with Gasteiger partial charge in [0.2, 0.25) is 5.91 Å². The fraction of sp³-hybridized carbons (Fsp3) is 0.217. The van der Waals surface area contributed by atoms with Crippen LogP contribution in [0.1, 0.15) is 10.4 Å². The molecule has 2 aromatic carbocycles. The molecule has 29 heavy (non-hydrogen) atoms. The fourth-order valence-corrected chi connectivity index (χ4v) is 4.05. The number of rotatable bonds is 6. The first-order valence-electron chi connectivity index (χ1n) is 9.61. The molecule has 1 N–H and O–H groups in total. The van der Waals surface area contributed by atoms with Crippen molar-refractivity contribution in [2.24, 2.45) is 0 Å². The Kier molecular flexibility index (Phi) is 5.91. The molecular weight excluding hydrogens is 384 g/mol. The number of hydrogen-bond acceptors (Lipinski definition) is 4. The van der Waals surface area contributed by atoms with Gasteiger partial charge in [-0.25, -0.2) is 0 Å². The van der Waals surface area contributed by atoms with Gasteiger partial charge in [0.05, 0.1) is 18.7 Å². The quantitative estimate of drug-likeness (QED) is 0.682. The molecule has 4 rings (SSSR count). The number of benzene rings is 2. The zero-order chi connectivity index (χ0) is 20.1. The third kappa shape index (κ3) is 4.66. The number of ether oxygens (including phenoxy) is 1. The minimum atomic E-state index is -0.729. The molecule has 2 amide bonds. The van der Waals surface area contributed by atoms with Crippen molar-refractivity contribution in [1.82, 2.24) is 5.32 Å². The Morgan fingerprint density at radius 2 is 1.83 bits per heavy atom. The van der Waals surface area contributed by atoms with Crippen molar-refractivity contribution in [1.29, 1.82) is 0 Å².